The van der Waals surface area contributed by atoms with E-state index in [2.05, 4.69) is 39.2 Å². The highest BCUT2D eigenvalue weighted by Gasteiger charge is 2.15. The molecule has 0 saturated heterocycles. The molecule has 0 radical (unpaired) electrons. The Kier molecular flexibility index (Phi) is 4.97. The molecular formula is C15H16BrClN2. The molecule has 1 aromatic heterocycles. The molecule has 0 amide bonds. The number of pyridine rings is 1. The minimum Gasteiger partial charge on any atom is -0.313 e. The maximum atomic E-state index is 5.99. The average molecular weight is 340 g/mol. The summed E-state index contributed by atoms with van der Waals surface area (Å²) < 4.78 is 1.02. The smallest absolute Gasteiger partial charge is 0.0451 e. The Morgan fingerprint density at radius 2 is 2.16 bits per heavy atom. The van der Waals surface area contributed by atoms with Crippen molar-refractivity contribution in [1.82, 2.24) is 10.3 Å². The van der Waals surface area contributed by atoms with E-state index in [0.717, 1.165) is 21.6 Å². The first-order chi connectivity index (χ1) is 9.11. The quantitative estimate of drug-likeness (QED) is 0.898. The van der Waals surface area contributed by atoms with Gasteiger partial charge in [-0.05, 0) is 43.3 Å². The van der Waals surface area contributed by atoms with Gasteiger partial charge in [0, 0.05) is 33.8 Å². The number of rotatable bonds is 4. The minimum absolute atomic E-state index is 0.209. The van der Waals surface area contributed by atoms with Crippen LogP contribution in [0.15, 0.2) is 41.0 Å². The van der Waals surface area contributed by atoms with Crippen LogP contribution < -0.4 is 5.32 Å². The standard InChI is InChI=1S/C15H16BrClN2/c1-10-4-3-7-19-14(10)9-15(18-2)12-6-5-11(17)8-13(12)16/h3-8,15,18H,9H2,1-2H3. The van der Waals surface area contributed by atoms with Gasteiger partial charge in [-0.2, -0.15) is 0 Å². The lowest BCUT2D eigenvalue weighted by Gasteiger charge is -2.19. The van der Waals surface area contributed by atoms with E-state index in [4.69, 9.17) is 11.6 Å². The van der Waals surface area contributed by atoms with Crippen LogP contribution in [-0.4, -0.2) is 12.0 Å². The molecule has 0 saturated carbocycles. The topological polar surface area (TPSA) is 24.9 Å². The second kappa shape index (κ2) is 6.51. The van der Waals surface area contributed by atoms with Crippen molar-refractivity contribution in [3.05, 3.63) is 62.8 Å². The van der Waals surface area contributed by atoms with Crippen molar-refractivity contribution in [3.63, 3.8) is 0 Å². The number of hydrogen-bond acceptors (Lipinski definition) is 2. The molecule has 0 aliphatic heterocycles. The lowest BCUT2D eigenvalue weighted by Crippen LogP contribution is -2.20. The Morgan fingerprint density at radius 3 is 2.79 bits per heavy atom. The van der Waals surface area contributed by atoms with Crippen LogP contribution in [0.2, 0.25) is 5.02 Å². The van der Waals surface area contributed by atoms with Crippen LogP contribution >= 0.6 is 27.5 Å². The molecule has 19 heavy (non-hydrogen) atoms. The van der Waals surface area contributed by atoms with Gasteiger partial charge in [0.15, 0.2) is 0 Å². The van der Waals surface area contributed by atoms with Crippen LogP contribution in [0.3, 0.4) is 0 Å². The van der Waals surface area contributed by atoms with Crippen LogP contribution in [0.5, 0.6) is 0 Å². The summed E-state index contributed by atoms with van der Waals surface area (Å²) in [6.07, 6.45) is 2.69. The van der Waals surface area contributed by atoms with E-state index in [-0.39, 0.29) is 6.04 Å². The zero-order valence-corrected chi connectivity index (χ0v) is 13.3. The fraction of sp³-hybridized carbons (Fsp3) is 0.267. The first-order valence-corrected chi connectivity index (χ1v) is 7.31. The molecule has 1 heterocycles. The first kappa shape index (κ1) is 14.5. The van der Waals surface area contributed by atoms with E-state index in [1.54, 1.807) is 0 Å². The Bertz CT molecular complexity index is 572. The van der Waals surface area contributed by atoms with Gasteiger partial charge in [-0.3, -0.25) is 4.98 Å². The van der Waals surface area contributed by atoms with Gasteiger partial charge in [0.1, 0.15) is 0 Å². The van der Waals surface area contributed by atoms with Gasteiger partial charge in [-0.15, -0.1) is 0 Å². The summed E-state index contributed by atoms with van der Waals surface area (Å²) in [4.78, 5) is 4.46. The van der Waals surface area contributed by atoms with Crippen molar-refractivity contribution < 1.29 is 0 Å². The number of aryl methyl sites for hydroxylation is 1. The number of likely N-dealkylation sites (N-methyl/N-ethyl adjacent to an activating group) is 1. The van der Waals surface area contributed by atoms with Crippen molar-refractivity contribution in [3.8, 4) is 0 Å². The summed E-state index contributed by atoms with van der Waals surface area (Å²) >= 11 is 9.56. The molecule has 4 heteroatoms. The van der Waals surface area contributed by atoms with Crippen molar-refractivity contribution >= 4 is 27.5 Å². The van der Waals surface area contributed by atoms with Gasteiger partial charge in [-0.25, -0.2) is 0 Å². The van der Waals surface area contributed by atoms with Gasteiger partial charge in [0.05, 0.1) is 0 Å². The third-order valence-corrected chi connectivity index (χ3v) is 4.12. The number of hydrogen-bond donors (Lipinski definition) is 1. The molecule has 0 bridgehead atoms. The SMILES string of the molecule is CNC(Cc1ncccc1C)c1ccc(Cl)cc1Br. The highest BCUT2D eigenvalue weighted by Crippen LogP contribution is 2.28. The molecule has 1 atom stereocenters. The Morgan fingerprint density at radius 1 is 1.37 bits per heavy atom. The lowest BCUT2D eigenvalue weighted by atomic mass is 10.00. The molecule has 100 valence electrons. The molecule has 0 aliphatic carbocycles. The van der Waals surface area contributed by atoms with Crippen LogP contribution in [0.25, 0.3) is 0 Å². The molecule has 1 N–H and O–H groups in total. The second-order valence-corrected chi connectivity index (χ2v) is 5.77. The van der Waals surface area contributed by atoms with E-state index in [1.807, 2.05) is 37.5 Å². The maximum Gasteiger partial charge on any atom is 0.0451 e. The zero-order chi connectivity index (χ0) is 13.8. The third kappa shape index (κ3) is 3.56. The molecule has 2 aromatic rings. The predicted octanol–water partition coefficient (Wildman–Crippen LogP) is 4.31. The van der Waals surface area contributed by atoms with Crippen LogP contribution in [-0.2, 0) is 6.42 Å². The second-order valence-electron chi connectivity index (χ2n) is 4.48. The van der Waals surface area contributed by atoms with Crippen LogP contribution in [0.1, 0.15) is 22.9 Å². The predicted molar refractivity (Wildman–Crippen MR) is 83.6 cm³/mol. The van der Waals surface area contributed by atoms with Crippen molar-refractivity contribution in [2.24, 2.45) is 0 Å². The maximum absolute atomic E-state index is 5.99. The monoisotopic (exact) mass is 338 g/mol. The normalized spacial score (nSPS) is 12.4. The molecule has 1 unspecified atom stereocenters. The molecule has 0 fully saturated rings. The van der Waals surface area contributed by atoms with Crippen molar-refractivity contribution in [2.45, 2.75) is 19.4 Å². The lowest BCUT2D eigenvalue weighted by molar-refractivity contribution is 0.580. The molecule has 2 rings (SSSR count). The highest BCUT2D eigenvalue weighted by atomic mass is 79.9. The van der Waals surface area contributed by atoms with Gasteiger partial charge in [-0.1, -0.05) is 39.7 Å². The fourth-order valence-electron chi connectivity index (χ4n) is 2.08. The van der Waals surface area contributed by atoms with E-state index in [0.29, 0.717) is 0 Å². The number of nitrogens with zero attached hydrogens (tertiary/aromatic N) is 1. The Balaban J connectivity index is 2.28. The molecule has 0 aliphatic rings. The molecule has 0 spiro atoms. The van der Waals surface area contributed by atoms with E-state index in [1.165, 1.54) is 11.1 Å². The van der Waals surface area contributed by atoms with Gasteiger partial charge in [0.2, 0.25) is 0 Å². The highest BCUT2D eigenvalue weighted by molar-refractivity contribution is 9.10. The summed E-state index contributed by atoms with van der Waals surface area (Å²) in [5.74, 6) is 0. The van der Waals surface area contributed by atoms with Crippen LogP contribution in [0, 0.1) is 6.92 Å². The largest absolute Gasteiger partial charge is 0.313 e. The van der Waals surface area contributed by atoms with Crippen LogP contribution in [0.4, 0.5) is 0 Å². The van der Waals surface area contributed by atoms with E-state index >= 15 is 0 Å². The van der Waals surface area contributed by atoms with Gasteiger partial charge in [0.25, 0.3) is 0 Å². The fourth-order valence-corrected chi connectivity index (χ4v) is 3.04. The third-order valence-electron chi connectivity index (χ3n) is 3.20. The summed E-state index contributed by atoms with van der Waals surface area (Å²) in [5, 5.41) is 4.08. The van der Waals surface area contributed by atoms with Gasteiger partial charge >= 0.3 is 0 Å². The number of aromatic nitrogens is 1. The molecule has 1 aromatic carbocycles. The van der Waals surface area contributed by atoms with E-state index in [9.17, 15) is 0 Å². The number of nitrogens with one attached hydrogen (secondary N) is 1. The first-order valence-electron chi connectivity index (χ1n) is 6.14. The van der Waals surface area contributed by atoms with Gasteiger partial charge < -0.3 is 5.32 Å². The molecular weight excluding hydrogens is 324 g/mol. The number of benzene rings is 1. The van der Waals surface area contributed by atoms with Crippen molar-refractivity contribution in [2.75, 3.05) is 7.05 Å². The minimum atomic E-state index is 0.209. The van der Waals surface area contributed by atoms with Crippen molar-refractivity contribution in [1.29, 1.82) is 0 Å². The average Bonchev–Trinajstić information content (AvgIpc) is 2.39. The Labute approximate surface area is 127 Å². The van der Waals surface area contributed by atoms with E-state index < -0.39 is 0 Å². The summed E-state index contributed by atoms with van der Waals surface area (Å²) in [7, 11) is 1.96. The number of halogens is 2. The Hall–Kier alpha value is -0.900. The summed E-state index contributed by atoms with van der Waals surface area (Å²) in [6, 6.07) is 10.1. The zero-order valence-electron chi connectivity index (χ0n) is 11.0. The summed E-state index contributed by atoms with van der Waals surface area (Å²) in [5.41, 5.74) is 3.52. The summed E-state index contributed by atoms with van der Waals surface area (Å²) in [6.45, 7) is 2.09. The molecule has 2 nitrogen and oxygen atoms in total.